The van der Waals surface area contributed by atoms with Crippen LogP contribution in [0.25, 0.3) is 22.2 Å². The summed E-state index contributed by atoms with van der Waals surface area (Å²) < 4.78 is 8.36. The monoisotopic (exact) mass is 558 g/mol. The number of nitrogen functional groups attached to an aromatic ring is 1. The summed E-state index contributed by atoms with van der Waals surface area (Å²) >= 11 is 0. The van der Waals surface area contributed by atoms with E-state index in [0.29, 0.717) is 41.4 Å². The van der Waals surface area contributed by atoms with Gasteiger partial charge in [-0.25, -0.2) is 19.9 Å². The molecule has 1 aliphatic carbocycles. The van der Waals surface area contributed by atoms with Crippen LogP contribution in [0.4, 0.5) is 5.82 Å². The highest BCUT2D eigenvalue weighted by Gasteiger charge is 2.41. The van der Waals surface area contributed by atoms with Gasteiger partial charge in [0.2, 0.25) is 0 Å². The van der Waals surface area contributed by atoms with Crippen molar-refractivity contribution >= 4 is 34.3 Å². The summed E-state index contributed by atoms with van der Waals surface area (Å²) in [4.78, 5) is 35.8. The van der Waals surface area contributed by atoms with Gasteiger partial charge in [0.15, 0.2) is 11.5 Å². The van der Waals surface area contributed by atoms with E-state index in [2.05, 4.69) is 77.7 Å². The highest BCUT2D eigenvalue weighted by atomic mass is 16.5. The molecule has 4 aromatic rings. The fraction of sp³-hybridized carbons (Fsp3) is 0.581. The first-order valence-corrected chi connectivity index (χ1v) is 14.9. The molecule has 3 unspecified atom stereocenters. The summed E-state index contributed by atoms with van der Waals surface area (Å²) in [5.41, 5.74) is 10.8. The molecule has 0 spiro atoms. The molecule has 3 N–H and O–H groups in total. The summed E-state index contributed by atoms with van der Waals surface area (Å²) in [7, 11) is 0. The van der Waals surface area contributed by atoms with Gasteiger partial charge in [-0.1, -0.05) is 26.8 Å². The number of nitrogens with one attached hydrogen (secondary N) is 1. The van der Waals surface area contributed by atoms with Crippen LogP contribution in [-0.4, -0.2) is 65.4 Å². The summed E-state index contributed by atoms with van der Waals surface area (Å²) in [5, 5.41) is 0. The van der Waals surface area contributed by atoms with Gasteiger partial charge in [0.05, 0.1) is 23.5 Å². The minimum Gasteiger partial charge on any atom is -0.382 e. The number of aldehydes is 1. The Balaban J connectivity index is 1.05. The van der Waals surface area contributed by atoms with Crippen molar-refractivity contribution in [1.82, 2.24) is 34.4 Å². The number of fused-ring (bicyclic) bond motifs is 2. The molecular formula is C31H42N8O2. The molecule has 1 saturated heterocycles. The van der Waals surface area contributed by atoms with Gasteiger partial charge < -0.3 is 20.2 Å². The van der Waals surface area contributed by atoms with Gasteiger partial charge >= 0.3 is 0 Å². The van der Waals surface area contributed by atoms with Crippen LogP contribution in [-0.2, 0) is 21.4 Å². The smallest absolute Gasteiger partial charge is 0.167 e. The molecule has 10 heteroatoms. The van der Waals surface area contributed by atoms with Gasteiger partial charge in [-0.15, -0.1) is 0 Å². The van der Waals surface area contributed by atoms with E-state index >= 15 is 0 Å². The van der Waals surface area contributed by atoms with E-state index in [1.165, 1.54) is 11.9 Å². The van der Waals surface area contributed by atoms with Crippen molar-refractivity contribution in [2.75, 3.05) is 12.3 Å². The minimum atomic E-state index is -0.305. The fourth-order valence-electron chi connectivity index (χ4n) is 6.51. The summed E-state index contributed by atoms with van der Waals surface area (Å²) in [6, 6.07) is 7.44. The Kier molecular flexibility index (Phi) is 7.32. The number of aromatic amines is 1. The summed E-state index contributed by atoms with van der Waals surface area (Å²) in [6.45, 7) is 11.9. The van der Waals surface area contributed by atoms with Crippen molar-refractivity contribution in [3.63, 3.8) is 0 Å². The lowest BCUT2D eigenvalue weighted by Gasteiger charge is -2.46. The van der Waals surface area contributed by atoms with E-state index in [1.54, 1.807) is 6.33 Å². The molecule has 0 radical (unpaired) electrons. The van der Waals surface area contributed by atoms with E-state index in [0.717, 1.165) is 55.4 Å². The Labute approximate surface area is 241 Å². The molecule has 6 rings (SSSR count). The molecule has 4 heterocycles. The molecule has 2 aliphatic rings. The second kappa shape index (κ2) is 10.8. The Bertz CT molecular complexity index is 1530. The van der Waals surface area contributed by atoms with Crippen molar-refractivity contribution in [1.29, 1.82) is 0 Å². The first-order valence-electron chi connectivity index (χ1n) is 14.9. The Hall–Kier alpha value is -3.37. The summed E-state index contributed by atoms with van der Waals surface area (Å²) in [6.07, 6.45) is 8.71. The molecule has 0 bridgehead atoms. The third kappa shape index (κ3) is 5.47. The highest BCUT2D eigenvalue weighted by molar-refractivity contribution is 5.81. The van der Waals surface area contributed by atoms with Crippen LogP contribution < -0.4 is 5.73 Å². The van der Waals surface area contributed by atoms with Gasteiger partial charge in [-0.05, 0) is 62.1 Å². The van der Waals surface area contributed by atoms with Gasteiger partial charge in [-0.2, -0.15) is 0 Å². The SMILES string of the molecule is CC(C)N(CC1OC(n2cnc3c(N)ncnc32)CC1C=O)C1CC(CCc2nc3ccc(C(C)(C)C)cc3[nH]2)C1. The lowest BCUT2D eigenvalue weighted by Crippen LogP contribution is -2.51. The fourth-order valence-corrected chi connectivity index (χ4v) is 6.51. The van der Waals surface area contributed by atoms with Crippen molar-refractivity contribution in [3.05, 3.63) is 42.2 Å². The first kappa shape index (κ1) is 27.8. The summed E-state index contributed by atoms with van der Waals surface area (Å²) in [5.74, 6) is 1.92. The topological polar surface area (TPSA) is 128 Å². The average molecular weight is 559 g/mol. The highest BCUT2D eigenvalue weighted by Crippen LogP contribution is 2.39. The zero-order chi connectivity index (χ0) is 28.9. The number of ether oxygens (including phenoxy) is 1. The number of anilines is 1. The molecule has 41 heavy (non-hydrogen) atoms. The van der Waals surface area contributed by atoms with Crippen LogP contribution in [0.5, 0.6) is 0 Å². The number of aryl methyl sites for hydroxylation is 1. The maximum absolute atomic E-state index is 12.1. The lowest BCUT2D eigenvalue weighted by molar-refractivity contribution is -0.114. The zero-order valence-electron chi connectivity index (χ0n) is 24.7. The maximum Gasteiger partial charge on any atom is 0.167 e. The normalized spacial score (nSPS) is 25.0. The Morgan fingerprint density at radius 3 is 2.73 bits per heavy atom. The van der Waals surface area contributed by atoms with E-state index in [-0.39, 0.29) is 23.7 Å². The first-order chi connectivity index (χ1) is 19.6. The Morgan fingerprint density at radius 2 is 2.00 bits per heavy atom. The number of carbonyl (C=O) groups excluding carboxylic acids is 1. The molecular weight excluding hydrogens is 516 g/mol. The standard InChI is InChI=1S/C31H42N8O2/c1-18(2)38(14-25-20(15-40)12-27(41-25)39-17-35-28-29(32)33-16-34-30(28)39)22-10-19(11-22)6-9-26-36-23-8-7-21(31(3,4)5)13-24(23)37-26/h7-8,13,15-20,22,25,27H,6,9-12,14H2,1-5H3,(H,36,37)(H2,32,33,34). The average Bonchev–Trinajstić information content (AvgIpc) is 3.62. The van der Waals surface area contributed by atoms with Crippen LogP contribution in [0, 0.1) is 11.8 Å². The van der Waals surface area contributed by atoms with Gasteiger partial charge in [0, 0.05) is 37.4 Å². The number of H-pyrrole nitrogens is 1. The molecule has 1 aliphatic heterocycles. The molecule has 3 aromatic heterocycles. The van der Waals surface area contributed by atoms with E-state index < -0.39 is 0 Å². The van der Waals surface area contributed by atoms with Crippen LogP contribution in [0.15, 0.2) is 30.9 Å². The second-order valence-electron chi connectivity index (χ2n) is 13.2. The largest absolute Gasteiger partial charge is 0.382 e. The third-order valence-electron chi connectivity index (χ3n) is 9.08. The van der Waals surface area contributed by atoms with Crippen LogP contribution >= 0.6 is 0 Å². The molecule has 3 atom stereocenters. The van der Waals surface area contributed by atoms with Gasteiger partial charge in [0.1, 0.15) is 30.2 Å². The van der Waals surface area contributed by atoms with Crippen molar-refractivity contribution in [2.45, 2.75) is 96.6 Å². The quantitative estimate of drug-likeness (QED) is 0.280. The van der Waals surface area contributed by atoms with Crippen LogP contribution in [0.2, 0.25) is 0 Å². The number of carbonyl (C=O) groups is 1. The van der Waals surface area contributed by atoms with Gasteiger partial charge in [0.25, 0.3) is 0 Å². The second-order valence-corrected chi connectivity index (χ2v) is 13.2. The van der Waals surface area contributed by atoms with Crippen LogP contribution in [0.1, 0.15) is 77.9 Å². The predicted molar refractivity (Wildman–Crippen MR) is 159 cm³/mol. The number of nitrogens with zero attached hydrogens (tertiary/aromatic N) is 6. The predicted octanol–water partition coefficient (Wildman–Crippen LogP) is 4.81. The molecule has 10 nitrogen and oxygen atoms in total. The Morgan fingerprint density at radius 1 is 1.20 bits per heavy atom. The van der Waals surface area contributed by atoms with E-state index in [9.17, 15) is 4.79 Å². The van der Waals surface area contributed by atoms with Crippen LogP contribution in [0.3, 0.4) is 0 Å². The van der Waals surface area contributed by atoms with Crippen molar-refractivity contribution < 1.29 is 9.53 Å². The number of aromatic nitrogens is 6. The molecule has 0 amide bonds. The molecule has 218 valence electrons. The molecule has 1 saturated carbocycles. The number of imidazole rings is 2. The van der Waals surface area contributed by atoms with Crippen molar-refractivity contribution in [2.24, 2.45) is 11.8 Å². The minimum absolute atomic E-state index is 0.121. The number of rotatable bonds is 9. The van der Waals surface area contributed by atoms with E-state index in [4.69, 9.17) is 15.5 Å². The van der Waals surface area contributed by atoms with Crippen molar-refractivity contribution in [3.8, 4) is 0 Å². The third-order valence-corrected chi connectivity index (χ3v) is 9.08. The number of hydrogen-bond donors (Lipinski definition) is 2. The zero-order valence-corrected chi connectivity index (χ0v) is 24.7. The molecule has 1 aromatic carbocycles. The van der Waals surface area contributed by atoms with Gasteiger partial charge in [-0.3, -0.25) is 9.47 Å². The lowest BCUT2D eigenvalue weighted by atomic mass is 9.76. The number of nitrogens with two attached hydrogens (primary N) is 1. The number of benzene rings is 1. The van der Waals surface area contributed by atoms with E-state index in [1.807, 2.05) is 4.57 Å². The number of hydrogen-bond acceptors (Lipinski definition) is 8. The maximum atomic E-state index is 12.1. The molecule has 2 fully saturated rings.